The van der Waals surface area contributed by atoms with E-state index in [4.69, 9.17) is 9.47 Å². The predicted molar refractivity (Wildman–Crippen MR) is 123 cm³/mol. The zero-order valence-corrected chi connectivity index (χ0v) is 18.1. The summed E-state index contributed by atoms with van der Waals surface area (Å²) in [4.78, 5) is 2.37. The number of morpholine rings is 1. The third-order valence-electron chi connectivity index (χ3n) is 5.94. The molecule has 4 nitrogen and oxygen atoms in total. The first-order valence-corrected chi connectivity index (χ1v) is 11.1. The Morgan fingerprint density at radius 3 is 2.39 bits per heavy atom. The van der Waals surface area contributed by atoms with Gasteiger partial charge >= 0.3 is 0 Å². The number of hydrogen-bond donors (Lipinski definition) is 1. The number of nitrogens with zero attached hydrogens (tertiary/aromatic N) is 1. The van der Waals surface area contributed by atoms with E-state index in [9.17, 15) is 5.11 Å². The minimum Gasteiger partial charge on any atom is -0.494 e. The fraction of sp³-hybridized carbons (Fsp3) is 0.333. The quantitative estimate of drug-likeness (QED) is 0.589. The lowest BCUT2D eigenvalue weighted by Gasteiger charge is -2.42. The molecule has 3 aromatic carbocycles. The van der Waals surface area contributed by atoms with Crippen LogP contribution < -0.4 is 4.74 Å². The minimum absolute atomic E-state index is 0.345. The second-order valence-corrected chi connectivity index (χ2v) is 8.09. The molecular weight excluding hydrogens is 386 g/mol. The van der Waals surface area contributed by atoms with Crippen molar-refractivity contribution in [3.8, 4) is 5.75 Å². The van der Waals surface area contributed by atoms with Crippen molar-refractivity contribution in [1.82, 2.24) is 4.90 Å². The van der Waals surface area contributed by atoms with Gasteiger partial charge in [0.15, 0.2) is 0 Å². The maximum absolute atomic E-state index is 12.1. The van der Waals surface area contributed by atoms with Gasteiger partial charge in [-0.1, -0.05) is 78.9 Å². The van der Waals surface area contributed by atoms with Crippen molar-refractivity contribution in [1.29, 1.82) is 0 Å². The first-order valence-electron chi connectivity index (χ1n) is 11.1. The number of ether oxygens (including phenoxy) is 2. The molecule has 1 fully saturated rings. The van der Waals surface area contributed by atoms with E-state index in [1.54, 1.807) is 0 Å². The van der Waals surface area contributed by atoms with Crippen LogP contribution >= 0.6 is 0 Å². The standard InChI is InChI=1S/C27H31NO3/c1-2-30-25-16-10-9-13-23(25)19-27(29,24-14-7-4-8-15-24)26-21-28(17-18-31-26)20-22-11-5-3-6-12-22/h3-16,26,29H,2,17-21H2,1H3. The molecule has 0 saturated carbocycles. The van der Waals surface area contributed by atoms with Crippen molar-refractivity contribution in [3.05, 3.63) is 102 Å². The summed E-state index contributed by atoms with van der Waals surface area (Å²) in [5.41, 5.74) is 1.96. The number of aliphatic hydroxyl groups is 1. The first kappa shape index (κ1) is 21.6. The zero-order chi connectivity index (χ0) is 21.5. The van der Waals surface area contributed by atoms with Gasteiger partial charge in [-0.25, -0.2) is 0 Å². The SMILES string of the molecule is CCOc1ccccc1CC(O)(c1ccccc1)C1CN(Cc2ccccc2)CCO1. The molecule has 0 aliphatic carbocycles. The number of para-hydroxylation sites is 1. The molecule has 0 amide bonds. The zero-order valence-electron chi connectivity index (χ0n) is 18.1. The smallest absolute Gasteiger partial charge is 0.122 e. The molecule has 1 aliphatic heterocycles. The van der Waals surface area contributed by atoms with Gasteiger partial charge in [-0.2, -0.15) is 0 Å². The molecule has 2 atom stereocenters. The van der Waals surface area contributed by atoms with E-state index in [0.29, 0.717) is 26.2 Å². The highest BCUT2D eigenvalue weighted by molar-refractivity contribution is 5.37. The molecule has 2 unspecified atom stereocenters. The molecule has 31 heavy (non-hydrogen) atoms. The van der Waals surface area contributed by atoms with E-state index < -0.39 is 5.60 Å². The minimum atomic E-state index is -1.16. The Kier molecular flexibility index (Phi) is 7.03. The fourth-order valence-corrected chi connectivity index (χ4v) is 4.34. The van der Waals surface area contributed by atoms with Crippen LogP contribution in [-0.2, 0) is 23.3 Å². The maximum atomic E-state index is 12.1. The molecule has 0 bridgehead atoms. The largest absolute Gasteiger partial charge is 0.494 e. The van der Waals surface area contributed by atoms with E-state index in [-0.39, 0.29) is 6.10 Å². The monoisotopic (exact) mass is 417 g/mol. The predicted octanol–water partition coefficient (Wildman–Crippen LogP) is 4.42. The van der Waals surface area contributed by atoms with Gasteiger partial charge in [-0.3, -0.25) is 4.90 Å². The molecule has 162 valence electrons. The Morgan fingerprint density at radius 2 is 1.65 bits per heavy atom. The molecule has 0 radical (unpaired) electrons. The highest BCUT2D eigenvalue weighted by Crippen LogP contribution is 2.35. The second kappa shape index (κ2) is 10.1. The highest BCUT2D eigenvalue weighted by Gasteiger charge is 2.42. The maximum Gasteiger partial charge on any atom is 0.122 e. The molecule has 1 N–H and O–H groups in total. The van der Waals surface area contributed by atoms with Crippen LogP contribution in [0.1, 0.15) is 23.6 Å². The van der Waals surface area contributed by atoms with Crippen molar-refractivity contribution in [3.63, 3.8) is 0 Å². The van der Waals surface area contributed by atoms with Gasteiger partial charge in [0.25, 0.3) is 0 Å². The van der Waals surface area contributed by atoms with Gasteiger partial charge in [0, 0.05) is 26.1 Å². The number of rotatable bonds is 8. The van der Waals surface area contributed by atoms with E-state index in [2.05, 4.69) is 29.2 Å². The third kappa shape index (κ3) is 5.16. The van der Waals surface area contributed by atoms with Gasteiger partial charge < -0.3 is 14.6 Å². The van der Waals surface area contributed by atoms with E-state index in [1.807, 2.05) is 67.6 Å². The van der Waals surface area contributed by atoms with E-state index >= 15 is 0 Å². The van der Waals surface area contributed by atoms with Crippen LogP contribution in [0.5, 0.6) is 5.75 Å². The molecule has 3 aromatic rings. The molecule has 1 aliphatic rings. The Balaban J connectivity index is 1.62. The van der Waals surface area contributed by atoms with Crippen molar-refractivity contribution in [2.75, 3.05) is 26.3 Å². The summed E-state index contributed by atoms with van der Waals surface area (Å²) in [5, 5.41) is 12.1. The average Bonchev–Trinajstić information content (AvgIpc) is 2.82. The summed E-state index contributed by atoms with van der Waals surface area (Å²) in [6.07, 6.45) is 0.0823. The van der Waals surface area contributed by atoms with Crippen LogP contribution in [-0.4, -0.2) is 42.4 Å². The van der Waals surface area contributed by atoms with Crippen LogP contribution in [0.25, 0.3) is 0 Å². The molecular formula is C27H31NO3. The molecule has 4 rings (SSSR count). The molecule has 0 spiro atoms. The molecule has 1 saturated heterocycles. The van der Waals surface area contributed by atoms with Crippen molar-refractivity contribution >= 4 is 0 Å². The lowest BCUT2D eigenvalue weighted by atomic mass is 9.81. The number of benzene rings is 3. The fourth-order valence-electron chi connectivity index (χ4n) is 4.34. The summed E-state index contributed by atoms with van der Waals surface area (Å²) < 4.78 is 12.0. The van der Waals surface area contributed by atoms with Gasteiger partial charge in [0.2, 0.25) is 0 Å². The summed E-state index contributed by atoms with van der Waals surface area (Å²) in [7, 11) is 0. The van der Waals surface area contributed by atoms with Gasteiger partial charge in [0.1, 0.15) is 17.5 Å². The number of hydrogen-bond acceptors (Lipinski definition) is 4. The Labute approximate surface area is 185 Å². The van der Waals surface area contributed by atoms with Crippen molar-refractivity contribution in [2.24, 2.45) is 0 Å². The van der Waals surface area contributed by atoms with Crippen LogP contribution in [0.3, 0.4) is 0 Å². The van der Waals surface area contributed by atoms with Crippen molar-refractivity contribution in [2.45, 2.75) is 31.6 Å². The summed E-state index contributed by atoms with van der Waals surface area (Å²) >= 11 is 0. The van der Waals surface area contributed by atoms with Crippen LogP contribution in [0.2, 0.25) is 0 Å². The topological polar surface area (TPSA) is 41.9 Å². The van der Waals surface area contributed by atoms with E-state index in [1.165, 1.54) is 5.56 Å². The molecule has 4 heteroatoms. The summed E-state index contributed by atoms with van der Waals surface area (Å²) in [6, 6.07) is 28.3. The lowest BCUT2D eigenvalue weighted by molar-refractivity contribution is -0.150. The summed E-state index contributed by atoms with van der Waals surface area (Å²) in [6.45, 7) is 5.53. The summed E-state index contributed by atoms with van der Waals surface area (Å²) in [5.74, 6) is 0.816. The van der Waals surface area contributed by atoms with Crippen LogP contribution in [0.15, 0.2) is 84.9 Å². The Bertz CT molecular complexity index is 947. The third-order valence-corrected chi connectivity index (χ3v) is 5.94. The van der Waals surface area contributed by atoms with Crippen LogP contribution in [0.4, 0.5) is 0 Å². The lowest BCUT2D eigenvalue weighted by Crippen LogP contribution is -2.53. The van der Waals surface area contributed by atoms with Gasteiger partial charge in [0.05, 0.1) is 13.2 Å². The average molecular weight is 418 g/mol. The second-order valence-electron chi connectivity index (χ2n) is 8.09. The van der Waals surface area contributed by atoms with Gasteiger partial charge in [-0.15, -0.1) is 0 Å². The first-order chi connectivity index (χ1) is 15.2. The Hall–Kier alpha value is -2.66. The van der Waals surface area contributed by atoms with Gasteiger partial charge in [-0.05, 0) is 29.7 Å². The van der Waals surface area contributed by atoms with Crippen molar-refractivity contribution < 1.29 is 14.6 Å². The normalized spacial score (nSPS) is 19.0. The molecule has 1 heterocycles. The highest BCUT2D eigenvalue weighted by atomic mass is 16.5. The van der Waals surface area contributed by atoms with Crippen LogP contribution in [0, 0.1) is 0 Å². The van der Waals surface area contributed by atoms with E-state index in [0.717, 1.165) is 30.0 Å². The Morgan fingerprint density at radius 1 is 0.968 bits per heavy atom. The molecule has 0 aromatic heterocycles.